The molecule has 3 rings (SSSR count). The quantitative estimate of drug-likeness (QED) is 0.339. The van der Waals surface area contributed by atoms with Crippen LogP contribution < -0.4 is 0 Å². The highest BCUT2D eigenvalue weighted by Gasteiger charge is 2.53. The van der Waals surface area contributed by atoms with E-state index in [4.69, 9.17) is 4.74 Å². The van der Waals surface area contributed by atoms with Crippen LogP contribution in [-0.4, -0.2) is 62.9 Å². The second-order valence-corrected chi connectivity index (χ2v) is 8.87. The number of hydrogen-bond acceptors (Lipinski definition) is 7. The molecule has 28 heavy (non-hydrogen) atoms. The molecule has 1 aromatic rings. The Balaban J connectivity index is 1.82. The SMILES string of the molecule is CC(=O)OCC1=C(C(=O)O)N2C(=O)[C@@H](N=Cc3cc(Br)cc(Br)c3O)[C@H]2SC1. The molecule has 2 aliphatic rings. The van der Waals surface area contributed by atoms with Gasteiger partial charge in [0, 0.05) is 34.5 Å². The second-order valence-electron chi connectivity index (χ2n) is 6.00. The van der Waals surface area contributed by atoms with Crippen molar-refractivity contribution in [3.8, 4) is 5.75 Å². The molecule has 2 heterocycles. The van der Waals surface area contributed by atoms with Crippen molar-refractivity contribution in [3.63, 3.8) is 0 Å². The lowest BCUT2D eigenvalue weighted by Crippen LogP contribution is -2.64. The first-order valence-electron chi connectivity index (χ1n) is 7.95. The van der Waals surface area contributed by atoms with Crippen LogP contribution in [-0.2, 0) is 19.1 Å². The van der Waals surface area contributed by atoms with E-state index in [0.717, 1.165) is 4.47 Å². The van der Waals surface area contributed by atoms with Crippen molar-refractivity contribution in [1.82, 2.24) is 4.90 Å². The summed E-state index contributed by atoms with van der Waals surface area (Å²) in [5, 5.41) is 19.1. The zero-order chi connectivity index (χ0) is 20.6. The first kappa shape index (κ1) is 20.9. The van der Waals surface area contributed by atoms with Crippen molar-refractivity contribution in [2.24, 2.45) is 4.99 Å². The van der Waals surface area contributed by atoms with Crippen LogP contribution in [0.2, 0.25) is 0 Å². The maximum absolute atomic E-state index is 12.5. The highest BCUT2D eigenvalue weighted by Crippen LogP contribution is 2.42. The number of carbonyl (C=O) groups excluding carboxylic acids is 2. The minimum absolute atomic E-state index is 0.0123. The number of halogens is 2. The number of aliphatic imine (C=N–C) groups is 1. The molecule has 1 amide bonds. The Morgan fingerprint density at radius 3 is 2.79 bits per heavy atom. The summed E-state index contributed by atoms with van der Waals surface area (Å²) in [5.74, 6) is -1.94. The molecular weight excluding hydrogens is 520 g/mol. The van der Waals surface area contributed by atoms with Gasteiger partial charge in [-0.05, 0) is 28.1 Å². The van der Waals surface area contributed by atoms with Gasteiger partial charge in [0.2, 0.25) is 0 Å². The summed E-state index contributed by atoms with van der Waals surface area (Å²) in [7, 11) is 0. The number of carboxylic acids is 1. The molecule has 1 saturated heterocycles. The lowest BCUT2D eigenvalue weighted by Gasteiger charge is -2.47. The molecule has 8 nitrogen and oxygen atoms in total. The lowest BCUT2D eigenvalue weighted by atomic mass is 10.0. The topological polar surface area (TPSA) is 116 Å². The third-order valence-corrected chi connectivity index (χ3v) is 6.49. The molecule has 0 aliphatic carbocycles. The molecule has 0 spiro atoms. The monoisotopic (exact) mass is 532 g/mol. The number of phenols is 1. The fourth-order valence-electron chi connectivity index (χ4n) is 2.81. The molecule has 0 aromatic heterocycles. The average molecular weight is 534 g/mol. The molecule has 0 unspecified atom stereocenters. The Hall–Kier alpha value is -1.85. The number of hydrogen-bond donors (Lipinski definition) is 2. The number of phenolic OH excluding ortho intramolecular Hbond substituents is 1. The van der Waals surface area contributed by atoms with E-state index >= 15 is 0 Å². The van der Waals surface area contributed by atoms with Crippen LogP contribution in [0.25, 0.3) is 0 Å². The number of esters is 1. The number of β-lactam (4-membered cyclic amide) rings is 1. The van der Waals surface area contributed by atoms with Crippen molar-refractivity contribution in [2.75, 3.05) is 12.4 Å². The standard InChI is InChI=1S/C17H14Br2N2O6S/c1-7(22)27-5-9-6-28-16-12(15(24)21(16)13(9)17(25)26)20-4-8-2-10(18)3-11(19)14(8)23/h2-4,12,16,23H,5-6H2,1H3,(H,25,26)/t12-,16-/m1/s1. The molecule has 11 heteroatoms. The van der Waals surface area contributed by atoms with Crippen molar-refractivity contribution in [3.05, 3.63) is 37.9 Å². The van der Waals surface area contributed by atoms with Gasteiger partial charge in [0.15, 0.2) is 6.04 Å². The number of aromatic hydroxyl groups is 1. The molecule has 2 aliphatic heterocycles. The van der Waals surface area contributed by atoms with Gasteiger partial charge in [0.1, 0.15) is 23.4 Å². The second kappa shape index (κ2) is 8.26. The van der Waals surface area contributed by atoms with Gasteiger partial charge in [0.25, 0.3) is 5.91 Å². The summed E-state index contributed by atoms with van der Waals surface area (Å²) in [4.78, 5) is 40.7. The molecule has 0 bridgehead atoms. The Morgan fingerprint density at radius 2 is 2.14 bits per heavy atom. The van der Waals surface area contributed by atoms with Crippen LogP contribution in [0.1, 0.15) is 12.5 Å². The highest BCUT2D eigenvalue weighted by atomic mass is 79.9. The summed E-state index contributed by atoms with van der Waals surface area (Å²) < 4.78 is 6.09. The van der Waals surface area contributed by atoms with Crippen molar-refractivity contribution >= 4 is 67.7 Å². The molecule has 2 N–H and O–H groups in total. The van der Waals surface area contributed by atoms with Gasteiger partial charge in [-0.15, -0.1) is 11.8 Å². The van der Waals surface area contributed by atoms with Gasteiger partial charge in [-0.2, -0.15) is 0 Å². The van der Waals surface area contributed by atoms with E-state index in [2.05, 4.69) is 36.9 Å². The van der Waals surface area contributed by atoms with E-state index in [-0.39, 0.29) is 18.1 Å². The smallest absolute Gasteiger partial charge is 0.352 e. The molecule has 2 atom stereocenters. The number of carbonyl (C=O) groups is 3. The maximum Gasteiger partial charge on any atom is 0.352 e. The van der Waals surface area contributed by atoms with Gasteiger partial charge in [-0.1, -0.05) is 15.9 Å². The summed E-state index contributed by atoms with van der Waals surface area (Å²) in [6, 6.07) is 2.57. The zero-order valence-corrected chi connectivity index (χ0v) is 18.4. The van der Waals surface area contributed by atoms with Crippen molar-refractivity contribution in [2.45, 2.75) is 18.3 Å². The number of carboxylic acid groups (broad SMARTS) is 1. The van der Waals surface area contributed by atoms with E-state index in [1.807, 2.05) is 0 Å². The maximum atomic E-state index is 12.5. The Kier molecular flexibility index (Phi) is 6.15. The summed E-state index contributed by atoms with van der Waals surface area (Å²) in [6.07, 6.45) is 1.39. The lowest BCUT2D eigenvalue weighted by molar-refractivity contribution is -0.148. The highest BCUT2D eigenvalue weighted by molar-refractivity contribution is 9.11. The Morgan fingerprint density at radius 1 is 1.43 bits per heavy atom. The van der Waals surface area contributed by atoms with E-state index in [0.29, 0.717) is 21.4 Å². The van der Waals surface area contributed by atoms with Gasteiger partial charge in [0.05, 0.1) is 4.47 Å². The fraction of sp³-hybridized carbons (Fsp3) is 0.294. The average Bonchev–Trinajstić information content (AvgIpc) is 2.62. The molecule has 1 aromatic carbocycles. The number of benzene rings is 1. The fourth-order valence-corrected chi connectivity index (χ4v) is 5.39. The van der Waals surface area contributed by atoms with Crippen molar-refractivity contribution < 1.29 is 29.3 Å². The van der Waals surface area contributed by atoms with Crippen LogP contribution in [0, 0.1) is 0 Å². The van der Waals surface area contributed by atoms with Gasteiger partial charge in [-0.25, -0.2) is 4.79 Å². The van der Waals surface area contributed by atoms with Gasteiger partial charge >= 0.3 is 11.9 Å². The largest absolute Gasteiger partial charge is 0.506 e. The number of ether oxygens (including phenoxy) is 1. The summed E-state index contributed by atoms with van der Waals surface area (Å²) >= 11 is 7.90. The van der Waals surface area contributed by atoms with Crippen LogP contribution in [0.5, 0.6) is 5.75 Å². The predicted octanol–water partition coefficient (Wildman–Crippen LogP) is 2.52. The predicted molar refractivity (Wildman–Crippen MR) is 109 cm³/mol. The van der Waals surface area contributed by atoms with E-state index in [1.54, 1.807) is 12.1 Å². The van der Waals surface area contributed by atoms with Crippen LogP contribution >= 0.6 is 43.6 Å². The number of aliphatic carboxylic acids is 1. The third-order valence-electron chi connectivity index (χ3n) is 4.10. The number of fused-ring (bicyclic) bond motifs is 1. The van der Waals surface area contributed by atoms with E-state index < -0.39 is 29.3 Å². The number of amides is 1. The Labute approximate surface area is 180 Å². The normalized spacial score (nSPS) is 21.5. The number of rotatable bonds is 5. The first-order chi connectivity index (χ1) is 13.2. The van der Waals surface area contributed by atoms with Gasteiger partial charge in [-0.3, -0.25) is 19.5 Å². The minimum atomic E-state index is -1.25. The first-order valence-corrected chi connectivity index (χ1v) is 10.6. The number of thioether (sulfide) groups is 1. The third kappa shape index (κ3) is 3.96. The van der Waals surface area contributed by atoms with Crippen LogP contribution in [0.3, 0.4) is 0 Å². The Bertz CT molecular complexity index is 932. The van der Waals surface area contributed by atoms with E-state index in [1.165, 1.54) is 29.8 Å². The van der Waals surface area contributed by atoms with Crippen LogP contribution in [0.15, 0.2) is 37.3 Å². The summed E-state index contributed by atoms with van der Waals surface area (Å²) in [5.41, 5.74) is 0.626. The van der Waals surface area contributed by atoms with E-state index in [9.17, 15) is 24.6 Å². The molecule has 1 fully saturated rings. The number of nitrogens with zero attached hydrogens (tertiary/aromatic N) is 2. The molecular formula is C17H14Br2N2O6S. The van der Waals surface area contributed by atoms with Crippen molar-refractivity contribution in [1.29, 1.82) is 0 Å². The van der Waals surface area contributed by atoms with Crippen LogP contribution in [0.4, 0.5) is 0 Å². The summed E-state index contributed by atoms with van der Waals surface area (Å²) in [6.45, 7) is 1.06. The minimum Gasteiger partial charge on any atom is -0.506 e. The van der Waals surface area contributed by atoms with Gasteiger partial charge < -0.3 is 14.9 Å². The molecule has 0 saturated carbocycles. The molecule has 148 valence electrons. The molecule has 0 radical (unpaired) electrons. The zero-order valence-electron chi connectivity index (χ0n) is 14.4.